The molecule has 2 fully saturated rings. The van der Waals surface area contributed by atoms with Crippen molar-refractivity contribution in [2.24, 2.45) is 16.8 Å². The van der Waals surface area contributed by atoms with Crippen LogP contribution in [0.4, 0.5) is 0 Å². The van der Waals surface area contributed by atoms with Crippen molar-refractivity contribution in [1.82, 2.24) is 20.4 Å². The number of nitrogens with zero attached hydrogens (tertiary/aromatic N) is 3. The summed E-state index contributed by atoms with van der Waals surface area (Å²) < 4.78 is 0. The molecule has 1 atom stereocenters. The molecule has 1 unspecified atom stereocenters. The zero-order valence-electron chi connectivity index (χ0n) is 18.0. The van der Waals surface area contributed by atoms with Gasteiger partial charge in [-0.25, -0.2) is 0 Å². The molecule has 2 saturated heterocycles. The molecule has 1 amide bonds. The number of likely N-dealkylation sites (tertiary alicyclic amines) is 2. The van der Waals surface area contributed by atoms with Crippen molar-refractivity contribution < 1.29 is 4.79 Å². The van der Waals surface area contributed by atoms with Crippen LogP contribution in [0.3, 0.4) is 0 Å². The second kappa shape index (κ2) is 11.5. The summed E-state index contributed by atoms with van der Waals surface area (Å²) in [5, 5.41) is 6.24. The Balaban J connectivity index is 1.93. The number of rotatable bonds is 8. The quantitative estimate of drug-likeness (QED) is 0.502. The average molecular weight is 380 g/mol. The van der Waals surface area contributed by atoms with Gasteiger partial charge in [0.05, 0.1) is 6.54 Å². The predicted octanol–water partition coefficient (Wildman–Crippen LogP) is 2.31. The summed E-state index contributed by atoms with van der Waals surface area (Å²) in [5.74, 6) is 2.43. The third kappa shape index (κ3) is 7.32. The lowest BCUT2D eigenvalue weighted by molar-refractivity contribution is -0.121. The highest BCUT2D eigenvalue weighted by molar-refractivity contribution is 5.80. The minimum absolute atomic E-state index is 0.163. The van der Waals surface area contributed by atoms with Crippen LogP contribution in [0.1, 0.15) is 59.3 Å². The zero-order chi connectivity index (χ0) is 19.6. The highest BCUT2D eigenvalue weighted by Gasteiger charge is 2.25. The number of carbonyl (C=O) groups excluding carboxylic acids is 1. The Kier molecular flexibility index (Phi) is 9.39. The molecule has 0 aliphatic carbocycles. The Morgan fingerprint density at radius 2 is 1.81 bits per heavy atom. The lowest BCUT2D eigenvalue weighted by Crippen LogP contribution is -2.47. The van der Waals surface area contributed by atoms with Crippen LogP contribution >= 0.6 is 0 Å². The van der Waals surface area contributed by atoms with Gasteiger partial charge < -0.3 is 15.5 Å². The maximum Gasteiger partial charge on any atom is 0.220 e. The SMILES string of the molecule is CCNC(=NCC(CC(C)C)N1CCCC1)N1CCC(CC(=O)NC)CC1. The van der Waals surface area contributed by atoms with Gasteiger partial charge in [-0.2, -0.15) is 0 Å². The summed E-state index contributed by atoms with van der Waals surface area (Å²) in [6.07, 6.45) is 6.67. The molecule has 0 aromatic heterocycles. The Morgan fingerprint density at radius 3 is 2.37 bits per heavy atom. The number of carbonyl (C=O) groups is 1. The molecule has 2 aliphatic heterocycles. The average Bonchev–Trinajstić information content (AvgIpc) is 3.19. The van der Waals surface area contributed by atoms with Crippen LogP contribution in [-0.4, -0.2) is 74.0 Å². The van der Waals surface area contributed by atoms with Crippen LogP contribution in [0, 0.1) is 11.8 Å². The van der Waals surface area contributed by atoms with E-state index in [0.29, 0.717) is 24.3 Å². The number of nitrogens with one attached hydrogen (secondary N) is 2. The van der Waals surface area contributed by atoms with Gasteiger partial charge >= 0.3 is 0 Å². The van der Waals surface area contributed by atoms with E-state index >= 15 is 0 Å². The molecule has 27 heavy (non-hydrogen) atoms. The van der Waals surface area contributed by atoms with Crippen molar-refractivity contribution in [2.75, 3.05) is 46.3 Å². The lowest BCUT2D eigenvalue weighted by atomic mass is 9.93. The number of hydrogen-bond acceptors (Lipinski definition) is 3. The van der Waals surface area contributed by atoms with E-state index in [9.17, 15) is 4.79 Å². The molecule has 0 radical (unpaired) electrons. The van der Waals surface area contributed by atoms with Gasteiger partial charge in [0.25, 0.3) is 0 Å². The van der Waals surface area contributed by atoms with Crippen LogP contribution in [0.2, 0.25) is 0 Å². The summed E-state index contributed by atoms with van der Waals surface area (Å²) in [7, 11) is 1.72. The molecular weight excluding hydrogens is 338 g/mol. The second-order valence-corrected chi connectivity index (χ2v) is 8.53. The molecule has 0 saturated carbocycles. The Hall–Kier alpha value is -1.30. The first kappa shape index (κ1) is 22.0. The van der Waals surface area contributed by atoms with E-state index < -0.39 is 0 Å². The first-order valence-corrected chi connectivity index (χ1v) is 11.0. The molecule has 6 heteroatoms. The minimum Gasteiger partial charge on any atom is -0.359 e. The van der Waals surface area contributed by atoms with Gasteiger partial charge in [0.2, 0.25) is 5.91 Å². The fourth-order valence-corrected chi connectivity index (χ4v) is 4.32. The van der Waals surface area contributed by atoms with Crippen molar-refractivity contribution in [3.05, 3.63) is 0 Å². The van der Waals surface area contributed by atoms with E-state index in [0.717, 1.165) is 45.0 Å². The minimum atomic E-state index is 0.163. The standard InChI is InChI=1S/C21H41N5O/c1-5-23-21(26-12-8-18(9-13-26)15-20(27)22-4)24-16-19(14-17(2)3)25-10-6-7-11-25/h17-19H,5-16H2,1-4H3,(H,22,27)(H,23,24). The largest absolute Gasteiger partial charge is 0.359 e. The van der Waals surface area contributed by atoms with Crippen LogP contribution < -0.4 is 10.6 Å². The molecule has 156 valence electrons. The molecule has 0 aromatic rings. The predicted molar refractivity (Wildman–Crippen MR) is 113 cm³/mol. The smallest absolute Gasteiger partial charge is 0.220 e. The topological polar surface area (TPSA) is 60.0 Å². The molecule has 6 nitrogen and oxygen atoms in total. The number of piperidine rings is 1. The second-order valence-electron chi connectivity index (χ2n) is 8.53. The lowest BCUT2D eigenvalue weighted by Gasteiger charge is -2.35. The van der Waals surface area contributed by atoms with E-state index in [1.165, 1.54) is 32.4 Å². The van der Waals surface area contributed by atoms with Crippen molar-refractivity contribution in [1.29, 1.82) is 0 Å². The van der Waals surface area contributed by atoms with E-state index in [4.69, 9.17) is 4.99 Å². The Bertz CT molecular complexity index is 465. The Labute approximate surface area is 166 Å². The van der Waals surface area contributed by atoms with E-state index in [1.54, 1.807) is 7.05 Å². The van der Waals surface area contributed by atoms with Crippen molar-refractivity contribution in [2.45, 2.75) is 65.3 Å². The third-order valence-corrected chi connectivity index (χ3v) is 5.85. The summed E-state index contributed by atoms with van der Waals surface area (Å²) >= 11 is 0. The number of hydrogen-bond donors (Lipinski definition) is 2. The van der Waals surface area contributed by atoms with Gasteiger partial charge in [-0.05, 0) is 64.0 Å². The third-order valence-electron chi connectivity index (χ3n) is 5.85. The van der Waals surface area contributed by atoms with Gasteiger partial charge in [0.15, 0.2) is 5.96 Å². The van der Waals surface area contributed by atoms with Crippen LogP contribution in [0.25, 0.3) is 0 Å². The molecule has 2 rings (SSSR count). The molecule has 0 aromatic carbocycles. The molecule has 2 N–H and O–H groups in total. The normalized spacial score (nSPS) is 20.9. The molecule has 0 bridgehead atoms. The fourth-order valence-electron chi connectivity index (χ4n) is 4.32. The molecular formula is C21H41N5O. The number of guanidine groups is 1. The van der Waals surface area contributed by atoms with Gasteiger partial charge in [-0.3, -0.25) is 14.7 Å². The van der Waals surface area contributed by atoms with E-state index in [-0.39, 0.29) is 5.91 Å². The van der Waals surface area contributed by atoms with Gasteiger partial charge in [0, 0.05) is 39.1 Å². The van der Waals surface area contributed by atoms with Gasteiger partial charge in [-0.1, -0.05) is 13.8 Å². The summed E-state index contributed by atoms with van der Waals surface area (Å²) in [6.45, 7) is 13.0. The maximum atomic E-state index is 11.6. The fraction of sp³-hybridized carbons (Fsp3) is 0.905. The Morgan fingerprint density at radius 1 is 1.15 bits per heavy atom. The first-order chi connectivity index (χ1) is 13.0. The van der Waals surface area contributed by atoms with E-state index in [1.807, 2.05) is 0 Å². The highest BCUT2D eigenvalue weighted by atomic mass is 16.1. The van der Waals surface area contributed by atoms with Crippen LogP contribution in [0.5, 0.6) is 0 Å². The van der Waals surface area contributed by atoms with Crippen molar-refractivity contribution >= 4 is 11.9 Å². The summed E-state index contributed by atoms with van der Waals surface area (Å²) in [4.78, 5) is 21.7. The van der Waals surface area contributed by atoms with Crippen molar-refractivity contribution in [3.63, 3.8) is 0 Å². The monoisotopic (exact) mass is 379 g/mol. The molecule has 2 heterocycles. The highest BCUT2D eigenvalue weighted by Crippen LogP contribution is 2.21. The molecule has 0 spiro atoms. The summed E-state index contributed by atoms with van der Waals surface area (Å²) in [5.41, 5.74) is 0. The number of aliphatic imine (C=N–C) groups is 1. The van der Waals surface area contributed by atoms with Gasteiger partial charge in [0.1, 0.15) is 0 Å². The maximum absolute atomic E-state index is 11.6. The first-order valence-electron chi connectivity index (χ1n) is 11.0. The summed E-state index contributed by atoms with van der Waals surface area (Å²) in [6, 6.07) is 0.562. The molecule has 2 aliphatic rings. The van der Waals surface area contributed by atoms with Crippen LogP contribution in [0.15, 0.2) is 4.99 Å². The zero-order valence-corrected chi connectivity index (χ0v) is 18.0. The van der Waals surface area contributed by atoms with Gasteiger partial charge in [-0.15, -0.1) is 0 Å². The van der Waals surface area contributed by atoms with Crippen LogP contribution in [-0.2, 0) is 4.79 Å². The number of amides is 1. The van der Waals surface area contributed by atoms with Crippen molar-refractivity contribution in [3.8, 4) is 0 Å². The van der Waals surface area contributed by atoms with E-state index in [2.05, 4.69) is 41.2 Å².